The summed E-state index contributed by atoms with van der Waals surface area (Å²) in [5.41, 5.74) is 6.70. The maximum atomic E-state index is 13.9. The van der Waals surface area contributed by atoms with Crippen molar-refractivity contribution in [3.8, 4) is 0 Å². The maximum absolute atomic E-state index is 13.9. The van der Waals surface area contributed by atoms with Gasteiger partial charge >= 0.3 is 0 Å². The van der Waals surface area contributed by atoms with Crippen molar-refractivity contribution in [1.29, 1.82) is 0 Å². The van der Waals surface area contributed by atoms with Crippen LogP contribution in [-0.2, 0) is 10.7 Å². The summed E-state index contributed by atoms with van der Waals surface area (Å²) < 4.78 is 33.1. The van der Waals surface area contributed by atoms with Crippen molar-refractivity contribution in [1.82, 2.24) is 0 Å². The number of ether oxygens (including phenoxy) is 1. The van der Waals surface area contributed by atoms with E-state index in [2.05, 4.69) is 0 Å². The van der Waals surface area contributed by atoms with Gasteiger partial charge in [0.15, 0.2) is 0 Å². The molecule has 2 rings (SSSR count). The zero-order valence-electron chi connectivity index (χ0n) is 10.5. The molecule has 1 aliphatic rings. The summed E-state index contributed by atoms with van der Waals surface area (Å²) in [6, 6.07) is 6.39. The molecule has 4 heteroatoms. The standard InChI is InChI=1S/C14H19F2NO/c1-10-2-4-11(5-3-10)14(15,16)9-18-13-7-6-12(17)8-13/h2-5,12-13H,6-9,17H2,1H3/t12?,13-/m0/s1. The molecule has 0 aliphatic heterocycles. The van der Waals surface area contributed by atoms with Crippen molar-refractivity contribution < 1.29 is 13.5 Å². The predicted octanol–water partition coefficient (Wildman–Crippen LogP) is 2.98. The van der Waals surface area contributed by atoms with Crippen LogP contribution in [0.15, 0.2) is 24.3 Å². The lowest BCUT2D eigenvalue weighted by atomic mass is 10.1. The summed E-state index contributed by atoms with van der Waals surface area (Å²) in [7, 11) is 0. The molecule has 1 aromatic rings. The van der Waals surface area contributed by atoms with E-state index in [1.807, 2.05) is 6.92 Å². The van der Waals surface area contributed by atoms with Crippen LogP contribution in [0.3, 0.4) is 0 Å². The minimum absolute atomic E-state index is 0.00963. The van der Waals surface area contributed by atoms with Gasteiger partial charge < -0.3 is 10.5 Å². The third-order valence-electron chi connectivity index (χ3n) is 3.40. The second kappa shape index (κ2) is 5.33. The number of alkyl halides is 2. The fourth-order valence-corrected chi connectivity index (χ4v) is 2.23. The highest BCUT2D eigenvalue weighted by Crippen LogP contribution is 2.30. The van der Waals surface area contributed by atoms with E-state index in [1.54, 1.807) is 12.1 Å². The number of benzene rings is 1. The Bertz CT molecular complexity index is 391. The molecule has 0 aromatic heterocycles. The molecular weight excluding hydrogens is 236 g/mol. The molecular formula is C14H19F2NO. The number of hydrogen-bond acceptors (Lipinski definition) is 2. The topological polar surface area (TPSA) is 35.2 Å². The summed E-state index contributed by atoms with van der Waals surface area (Å²) >= 11 is 0. The van der Waals surface area contributed by atoms with Gasteiger partial charge in [0.2, 0.25) is 0 Å². The number of halogens is 2. The van der Waals surface area contributed by atoms with Crippen molar-refractivity contribution >= 4 is 0 Å². The molecule has 1 aromatic carbocycles. The Kier molecular flexibility index (Phi) is 3.97. The van der Waals surface area contributed by atoms with Gasteiger partial charge in [0.1, 0.15) is 6.61 Å². The molecule has 0 heterocycles. The van der Waals surface area contributed by atoms with Gasteiger partial charge in [0.05, 0.1) is 6.10 Å². The Labute approximate surface area is 106 Å². The van der Waals surface area contributed by atoms with Crippen LogP contribution in [0.4, 0.5) is 8.78 Å². The van der Waals surface area contributed by atoms with Gasteiger partial charge in [0, 0.05) is 11.6 Å². The van der Waals surface area contributed by atoms with E-state index >= 15 is 0 Å². The smallest absolute Gasteiger partial charge is 0.296 e. The molecule has 1 aliphatic carbocycles. The zero-order valence-corrected chi connectivity index (χ0v) is 10.5. The molecule has 0 bridgehead atoms. The fraction of sp³-hybridized carbons (Fsp3) is 0.571. The molecule has 2 atom stereocenters. The van der Waals surface area contributed by atoms with E-state index in [1.165, 1.54) is 12.1 Å². The van der Waals surface area contributed by atoms with Crippen molar-refractivity contribution in [2.24, 2.45) is 5.73 Å². The molecule has 1 saturated carbocycles. The first-order valence-corrected chi connectivity index (χ1v) is 6.29. The second-order valence-corrected chi connectivity index (χ2v) is 5.08. The lowest BCUT2D eigenvalue weighted by molar-refractivity contribution is -0.103. The molecule has 100 valence electrons. The van der Waals surface area contributed by atoms with Gasteiger partial charge in [-0.1, -0.05) is 29.8 Å². The summed E-state index contributed by atoms with van der Waals surface area (Å²) in [6.07, 6.45) is 2.21. The Morgan fingerprint density at radius 2 is 1.94 bits per heavy atom. The summed E-state index contributed by atoms with van der Waals surface area (Å²) in [6.45, 7) is 1.31. The van der Waals surface area contributed by atoms with Crippen molar-refractivity contribution in [2.45, 2.75) is 44.3 Å². The molecule has 0 spiro atoms. The second-order valence-electron chi connectivity index (χ2n) is 5.08. The van der Waals surface area contributed by atoms with Gasteiger partial charge in [-0.25, -0.2) is 0 Å². The zero-order chi connectivity index (χ0) is 13.2. The third-order valence-corrected chi connectivity index (χ3v) is 3.40. The molecule has 2 N–H and O–H groups in total. The Hall–Kier alpha value is -1.00. The molecule has 0 saturated heterocycles. The number of hydrogen-bond donors (Lipinski definition) is 1. The first kappa shape index (κ1) is 13.4. The lowest BCUT2D eigenvalue weighted by Crippen LogP contribution is -2.25. The average molecular weight is 255 g/mol. The number of rotatable bonds is 4. The molecule has 0 radical (unpaired) electrons. The fourth-order valence-electron chi connectivity index (χ4n) is 2.23. The van der Waals surface area contributed by atoms with E-state index in [-0.39, 0.29) is 17.7 Å². The van der Waals surface area contributed by atoms with Crippen LogP contribution < -0.4 is 5.73 Å². The highest BCUT2D eigenvalue weighted by molar-refractivity contribution is 5.24. The van der Waals surface area contributed by atoms with E-state index < -0.39 is 12.5 Å². The van der Waals surface area contributed by atoms with Gasteiger partial charge in [-0.15, -0.1) is 0 Å². The van der Waals surface area contributed by atoms with E-state index in [9.17, 15) is 8.78 Å². The quantitative estimate of drug-likeness (QED) is 0.897. The molecule has 1 unspecified atom stereocenters. The Morgan fingerprint density at radius 3 is 2.50 bits per heavy atom. The van der Waals surface area contributed by atoms with Crippen LogP contribution in [0, 0.1) is 6.92 Å². The van der Waals surface area contributed by atoms with E-state index in [4.69, 9.17) is 10.5 Å². The van der Waals surface area contributed by atoms with Crippen LogP contribution in [0.25, 0.3) is 0 Å². The molecule has 1 fully saturated rings. The number of aryl methyl sites for hydroxylation is 1. The number of nitrogens with two attached hydrogens (primary N) is 1. The first-order valence-electron chi connectivity index (χ1n) is 6.29. The van der Waals surface area contributed by atoms with Gasteiger partial charge in [-0.3, -0.25) is 0 Å². The first-order chi connectivity index (χ1) is 8.47. The van der Waals surface area contributed by atoms with Crippen LogP contribution in [0.5, 0.6) is 0 Å². The van der Waals surface area contributed by atoms with Crippen LogP contribution in [-0.4, -0.2) is 18.8 Å². The third kappa shape index (κ3) is 3.27. The normalized spacial score (nSPS) is 24.4. The van der Waals surface area contributed by atoms with Crippen molar-refractivity contribution in [2.75, 3.05) is 6.61 Å². The summed E-state index contributed by atoms with van der Waals surface area (Å²) in [5.74, 6) is -2.93. The summed E-state index contributed by atoms with van der Waals surface area (Å²) in [5, 5.41) is 0. The van der Waals surface area contributed by atoms with Gasteiger partial charge in [-0.05, 0) is 26.2 Å². The highest BCUT2D eigenvalue weighted by atomic mass is 19.3. The monoisotopic (exact) mass is 255 g/mol. The molecule has 18 heavy (non-hydrogen) atoms. The van der Waals surface area contributed by atoms with Gasteiger partial charge in [0.25, 0.3) is 5.92 Å². The van der Waals surface area contributed by atoms with E-state index in [0.29, 0.717) is 6.42 Å². The maximum Gasteiger partial charge on any atom is 0.296 e. The van der Waals surface area contributed by atoms with Crippen LogP contribution in [0.2, 0.25) is 0 Å². The minimum Gasteiger partial charge on any atom is -0.372 e. The summed E-state index contributed by atoms with van der Waals surface area (Å²) in [4.78, 5) is 0. The van der Waals surface area contributed by atoms with Crippen LogP contribution in [0.1, 0.15) is 30.4 Å². The van der Waals surface area contributed by atoms with Crippen molar-refractivity contribution in [3.63, 3.8) is 0 Å². The van der Waals surface area contributed by atoms with Gasteiger partial charge in [-0.2, -0.15) is 8.78 Å². The largest absolute Gasteiger partial charge is 0.372 e. The highest BCUT2D eigenvalue weighted by Gasteiger charge is 2.34. The van der Waals surface area contributed by atoms with E-state index in [0.717, 1.165) is 18.4 Å². The predicted molar refractivity (Wildman–Crippen MR) is 66.6 cm³/mol. The van der Waals surface area contributed by atoms with Crippen LogP contribution >= 0.6 is 0 Å². The van der Waals surface area contributed by atoms with Crippen molar-refractivity contribution in [3.05, 3.63) is 35.4 Å². The molecule has 2 nitrogen and oxygen atoms in total. The average Bonchev–Trinajstić information content (AvgIpc) is 2.73. The Morgan fingerprint density at radius 1 is 1.28 bits per heavy atom. The lowest BCUT2D eigenvalue weighted by Gasteiger charge is -2.20. The SMILES string of the molecule is Cc1ccc(C(F)(F)CO[C@H]2CCC(N)C2)cc1. The minimum atomic E-state index is -2.93. The Balaban J connectivity index is 1.92. The molecule has 0 amide bonds.